The van der Waals surface area contributed by atoms with Crippen LogP contribution in [0.2, 0.25) is 0 Å². The first-order valence-corrected chi connectivity index (χ1v) is 7.62. The SMILES string of the molecule is C[NH+](C)Cc1ccccc1CNC(=O)/C=C/c1ccc(F)cc1. The lowest BCUT2D eigenvalue weighted by atomic mass is 10.1. The highest BCUT2D eigenvalue weighted by Crippen LogP contribution is 2.08. The molecule has 2 N–H and O–H groups in total. The van der Waals surface area contributed by atoms with E-state index in [2.05, 4.69) is 25.5 Å². The van der Waals surface area contributed by atoms with Gasteiger partial charge in [0.1, 0.15) is 12.4 Å². The molecule has 4 heteroatoms. The first kappa shape index (κ1) is 16.9. The largest absolute Gasteiger partial charge is 0.348 e. The molecule has 0 aromatic heterocycles. The Bertz CT molecular complexity index is 678. The highest BCUT2D eigenvalue weighted by atomic mass is 19.1. The van der Waals surface area contributed by atoms with E-state index in [-0.39, 0.29) is 11.7 Å². The second kappa shape index (κ2) is 8.25. The van der Waals surface area contributed by atoms with Crippen LogP contribution in [0, 0.1) is 5.82 Å². The molecule has 0 bridgehead atoms. The van der Waals surface area contributed by atoms with Gasteiger partial charge in [0.05, 0.1) is 14.1 Å². The van der Waals surface area contributed by atoms with Crippen molar-refractivity contribution in [2.75, 3.05) is 14.1 Å². The van der Waals surface area contributed by atoms with Gasteiger partial charge in [0, 0.05) is 18.2 Å². The third kappa shape index (κ3) is 5.68. The molecule has 0 saturated carbocycles. The van der Waals surface area contributed by atoms with Crippen LogP contribution in [-0.4, -0.2) is 20.0 Å². The van der Waals surface area contributed by atoms with Gasteiger partial charge in [0.2, 0.25) is 5.91 Å². The van der Waals surface area contributed by atoms with Gasteiger partial charge in [-0.1, -0.05) is 36.4 Å². The van der Waals surface area contributed by atoms with Crippen LogP contribution in [0.25, 0.3) is 6.08 Å². The van der Waals surface area contributed by atoms with Gasteiger partial charge in [-0.25, -0.2) is 4.39 Å². The minimum absolute atomic E-state index is 0.165. The van der Waals surface area contributed by atoms with Gasteiger partial charge in [0.15, 0.2) is 0 Å². The number of hydrogen-bond donors (Lipinski definition) is 2. The van der Waals surface area contributed by atoms with E-state index in [1.165, 1.54) is 28.7 Å². The van der Waals surface area contributed by atoms with Gasteiger partial charge in [-0.15, -0.1) is 0 Å². The van der Waals surface area contributed by atoms with Gasteiger partial charge in [-0.3, -0.25) is 4.79 Å². The third-order valence-corrected chi connectivity index (χ3v) is 3.41. The maximum atomic E-state index is 12.8. The molecule has 0 atom stereocenters. The van der Waals surface area contributed by atoms with Crippen LogP contribution >= 0.6 is 0 Å². The lowest BCUT2D eigenvalue weighted by Crippen LogP contribution is -3.04. The number of benzene rings is 2. The molecule has 0 unspecified atom stereocenters. The Labute approximate surface area is 136 Å². The molecule has 1 amide bonds. The Hall–Kier alpha value is -2.46. The number of rotatable bonds is 6. The van der Waals surface area contributed by atoms with Crippen LogP contribution in [0.5, 0.6) is 0 Å². The molecule has 0 aliphatic carbocycles. The van der Waals surface area contributed by atoms with Gasteiger partial charge < -0.3 is 10.2 Å². The molecule has 0 aliphatic heterocycles. The van der Waals surface area contributed by atoms with Gasteiger partial charge in [-0.05, 0) is 29.3 Å². The summed E-state index contributed by atoms with van der Waals surface area (Å²) in [6, 6.07) is 14.1. The Morgan fingerprint density at radius 1 is 1.09 bits per heavy atom. The van der Waals surface area contributed by atoms with Crippen molar-refractivity contribution in [3.63, 3.8) is 0 Å². The molecule has 120 valence electrons. The predicted molar refractivity (Wildman–Crippen MR) is 90.2 cm³/mol. The van der Waals surface area contributed by atoms with Crippen LogP contribution in [0.3, 0.4) is 0 Å². The topological polar surface area (TPSA) is 33.5 Å². The molecular formula is C19H22FN2O+. The standard InChI is InChI=1S/C19H21FN2O/c1-22(2)14-17-6-4-3-5-16(17)13-21-19(23)12-9-15-7-10-18(20)11-8-15/h3-12H,13-14H2,1-2H3,(H,21,23)/p+1/b12-9+. The van der Waals surface area contributed by atoms with E-state index < -0.39 is 0 Å². The summed E-state index contributed by atoms with van der Waals surface area (Å²) in [6.45, 7) is 1.41. The first-order chi connectivity index (χ1) is 11.0. The average molecular weight is 313 g/mol. The highest BCUT2D eigenvalue weighted by molar-refractivity contribution is 5.91. The smallest absolute Gasteiger partial charge is 0.244 e. The van der Waals surface area contributed by atoms with E-state index in [9.17, 15) is 9.18 Å². The van der Waals surface area contributed by atoms with Crippen molar-refractivity contribution in [3.05, 3.63) is 77.1 Å². The Morgan fingerprint density at radius 3 is 2.39 bits per heavy atom. The molecule has 2 aromatic carbocycles. The second-order valence-corrected chi connectivity index (χ2v) is 5.76. The maximum absolute atomic E-state index is 12.8. The lowest BCUT2D eigenvalue weighted by Gasteiger charge is -2.12. The Balaban J connectivity index is 1.93. The zero-order valence-electron chi connectivity index (χ0n) is 13.5. The van der Waals surface area contributed by atoms with Crippen LogP contribution in [0.4, 0.5) is 4.39 Å². The van der Waals surface area contributed by atoms with Crippen LogP contribution in [-0.2, 0) is 17.9 Å². The third-order valence-electron chi connectivity index (χ3n) is 3.41. The van der Waals surface area contributed by atoms with E-state index >= 15 is 0 Å². The molecule has 0 fully saturated rings. The van der Waals surface area contributed by atoms with Crippen molar-refractivity contribution in [2.45, 2.75) is 13.1 Å². The summed E-state index contributed by atoms with van der Waals surface area (Å²) in [4.78, 5) is 13.2. The summed E-state index contributed by atoms with van der Waals surface area (Å²) in [5, 5.41) is 2.89. The molecular weight excluding hydrogens is 291 g/mol. The van der Waals surface area contributed by atoms with Gasteiger partial charge >= 0.3 is 0 Å². The molecule has 2 rings (SSSR count). The summed E-state index contributed by atoms with van der Waals surface area (Å²) < 4.78 is 12.8. The van der Waals surface area contributed by atoms with E-state index in [1.807, 2.05) is 18.2 Å². The summed E-state index contributed by atoms with van der Waals surface area (Å²) in [6.07, 6.45) is 3.14. The summed E-state index contributed by atoms with van der Waals surface area (Å²) in [7, 11) is 4.20. The lowest BCUT2D eigenvalue weighted by molar-refractivity contribution is -0.872. The molecule has 0 heterocycles. The predicted octanol–water partition coefficient (Wildman–Crippen LogP) is 1.80. The quantitative estimate of drug-likeness (QED) is 0.784. The van der Waals surface area contributed by atoms with Gasteiger partial charge in [-0.2, -0.15) is 0 Å². The van der Waals surface area contributed by atoms with Crippen molar-refractivity contribution in [1.29, 1.82) is 0 Å². The fourth-order valence-corrected chi connectivity index (χ4v) is 2.27. The highest BCUT2D eigenvalue weighted by Gasteiger charge is 2.05. The summed E-state index contributed by atoms with van der Waals surface area (Å²) in [5.74, 6) is -0.451. The van der Waals surface area contributed by atoms with Crippen LogP contribution in [0.1, 0.15) is 16.7 Å². The molecule has 0 radical (unpaired) electrons. The Morgan fingerprint density at radius 2 is 1.74 bits per heavy atom. The van der Waals surface area contributed by atoms with Crippen molar-refractivity contribution in [3.8, 4) is 0 Å². The minimum atomic E-state index is -0.286. The number of halogens is 1. The number of quaternary nitrogens is 1. The molecule has 0 saturated heterocycles. The van der Waals surface area contributed by atoms with Crippen molar-refractivity contribution in [2.24, 2.45) is 0 Å². The first-order valence-electron chi connectivity index (χ1n) is 7.62. The normalized spacial score (nSPS) is 11.1. The molecule has 23 heavy (non-hydrogen) atoms. The van der Waals surface area contributed by atoms with E-state index in [1.54, 1.807) is 18.2 Å². The number of amides is 1. The molecule has 3 nitrogen and oxygen atoms in total. The molecule has 0 aliphatic rings. The van der Waals surface area contributed by atoms with Crippen LogP contribution in [0.15, 0.2) is 54.6 Å². The zero-order chi connectivity index (χ0) is 16.7. The van der Waals surface area contributed by atoms with Crippen LogP contribution < -0.4 is 10.2 Å². The zero-order valence-corrected chi connectivity index (χ0v) is 13.5. The number of carbonyl (C=O) groups is 1. The van der Waals surface area contributed by atoms with Crippen molar-refractivity contribution < 1.29 is 14.1 Å². The van der Waals surface area contributed by atoms with Gasteiger partial charge in [0.25, 0.3) is 0 Å². The Kier molecular flexibility index (Phi) is 6.06. The minimum Gasteiger partial charge on any atom is -0.348 e. The maximum Gasteiger partial charge on any atom is 0.244 e. The van der Waals surface area contributed by atoms with E-state index in [4.69, 9.17) is 0 Å². The second-order valence-electron chi connectivity index (χ2n) is 5.76. The van der Waals surface area contributed by atoms with E-state index in [0.29, 0.717) is 6.54 Å². The summed E-state index contributed by atoms with van der Waals surface area (Å²) >= 11 is 0. The molecule has 0 spiro atoms. The number of carbonyl (C=O) groups excluding carboxylic acids is 1. The van der Waals surface area contributed by atoms with Crippen molar-refractivity contribution >= 4 is 12.0 Å². The average Bonchev–Trinajstić information content (AvgIpc) is 2.53. The fourth-order valence-electron chi connectivity index (χ4n) is 2.27. The summed E-state index contributed by atoms with van der Waals surface area (Å²) in [5.41, 5.74) is 3.14. The number of hydrogen-bond acceptors (Lipinski definition) is 1. The molecule has 2 aromatic rings. The van der Waals surface area contributed by atoms with E-state index in [0.717, 1.165) is 17.7 Å². The van der Waals surface area contributed by atoms with Crippen molar-refractivity contribution in [1.82, 2.24) is 5.32 Å². The fraction of sp³-hybridized carbons (Fsp3) is 0.211. The number of nitrogens with one attached hydrogen (secondary N) is 2. The monoisotopic (exact) mass is 313 g/mol.